The number of nitrogens with one attached hydrogen (secondary N) is 2. The van der Waals surface area contributed by atoms with Crippen molar-refractivity contribution in [1.29, 1.82) is 0 Å². The number of H-pyrrole nitrogens is 1. The number of rotatable bonds is 3. The van der Waals surface area contributed by atoms with Crippen LogP contribution >= 0.6 is 22.7 Å². The molecule has 0 bridgehead atoms. The van der Waals surface area contributed by atoms with E-state index in [1.807, 2.05) is 17.5 Å². The third-order valence-corrected chi connectivity index (χ3v) is 4.17. The van der Waals surface area contributed by atoms with Crippen LogP contribution in [-0.2, 0) is 0 Å². The van der Waals surface area contributed by atoms with Crippen molar-refractivity contribution >= 4 is 33.7 Å². The standard InChI is InChI=1S/C11H7N5O2S2/c17-8-4-3-6(13-14-8)9(18)12-11-16-15-10(20-11)7-2-1-5-19-7/h1-5H,(H,14,17)(H,12,16,18). The number of nitrogens with zero attached hydrogens (tertiary/aromatic N) is 3. The van der Waals surface area contributed by atoms with Crippen LogP contribution < -0.4 is 10.9 Å². The summed E-state index contributed by atoms with van der Waals surface area (Å²) in [7, 11) is 0. The maximum absolute atomic E-state index is 11.9. The molecule has 7 nitrogen and oxygen atoms in total. The molecule has 3 aromatic heterocycles. The molecule has 3 aromatic rings. The number of aromatic nitrogens is 4. The molecule has 0 saturated carbocycles. The lowest BCUT2D eigenvalue weighted by molar-refractivity contribution is 0.102. The van der Waals surface area contributed by atoms with Gasteiger partial charge < -0.3 is 0 Å². The average molecular weight is 305 g/mol. The summed E-state index contributed by atoms with van der Waals surface area (Å²) in [6, 6.07) is 6.43. The minimum atomic E-state index is -0.449. The van der Waals surface area contributed by atoms with E-state index in [-0.39, 0.29) is 11.3 Å². The van der Waals surface area contributed by atoms with E-state index in [1.165, 1.54) is 23.5 Å². The summed E-state index contributed by atoms with van der Waals surface area (Å²) in [5.41, 5.74) is -0.255. The van der Waals surface area contributed by atoms with Crippen LogP contribution in [-0.4, -0.2) is 26.3 Å². The molecule has 0 radical (unpaired) electrons. The van der Waals surface area contributed by atoms with Crippen LogP contribution in [0.1, 0.15) is 10.5 Å². The van der Waals surface area contributed by atoms with Gasteiger partial charge in [-0.25, -0.2) is 5.10 Å². The van der Waals surface area contributed by atoms with E-state index in [2.05, 4.69) is 25.7 Å². The van der Waals surface area contributed by atoms with Gasteiger partial charge in [0, 0.05) is 6.07 Å². The smallest absolute Gasteiger partial charge is 0.277 e. The van der Waals surface area contributed by atoms with Crippen molar-refractivity contribution in [3.05, 3.63) is 45.7 Å². The first kappa shape index (κ1) is 12.6. The van der Waals surface area contributed by atoms with Gasteiger partial charge in [-0.1, -0.05) is 17.4 Å². The number of carbonyl (C=O) groups excluding carboxylic acids is 1. The molecule has 3 heterocycles. The maximum atomic E-state index is 11.9. The van der Waals surface area contributed by atoms with Gasteiger partial charge in [-0.05, 0) is 17.5 Å². The summed E-state index contributed by atoms with van der Waals surface area (Å²) in [6.07, 6.45) is 0. The minimum Gasteiger partial charge on any atom is -0.295 e. The monoisotopic (exact) mass is 305 g/mol. The highest BCUT2D eigenvalue weighted by atomic mass is 32.1. The Morgan fingerprint density at radius 1 is 1.25 bits per heavy atom. The molecule has 0 saturated heterocycles. The lowest BCUT2D eigenvalue weighted by Crippen LogP contribution is -2.17. The van der Waals surface area contributed by atoms with E-state index in [9.17, 15) is 9.59 Å². The number of amides is 1. The fraction of sp³-hybridized carbons (Fsp3) is 0. The van der Waals surface area contributed by atoms with Crippen molar-refractivity contribution in [2.75, 3.05) is 5.32 Å². The van der Waals surface area contributed by atoms with E-state index in [0.29, 0.717) is 5.13 Å². The number of aromatic amines is 1. The summed E-state index contributed by atoms with van der Waals surface area (Å²) in [4.78, 5) is 23.7. The van der Waals surface area contributed by atoms with Crippen LogP contribution in [0.2, 0.25) is 0 Å². The molecule has 0 aliphatic carbocycles. The Balaban J connectivity index is 1.76. The largest absolute Gasteiger partial charge is 0.295 e. The summed E-state index contributed by atoms with van der Waals surface area (Å²) in [5.74, 6) is -0.449. The SMILES string of the molecule is O=C(Nc1nnc(-c2cccs2)s1)c1ccc(=O)[nH]n1. The van der Waals surface area contributed by atoms with Crippen LogP contribution in [0.15, 0.2) is 34.4 Å². The van der Waals surface area contributed by atoms with Crippen molar-refractivity contribution in [3.63, 3.8) is 0 Å². The maximum Gasteiger partial charge on any atom is 0.277 e. The Morgan fingerprint density at radius 3 is 2.85 bits per heavy atom. The molecule has 0 aromatic carbocycles. The van der Waals surface area contributed by atoms with E-state index >= 15 is 0 Å². The number of anilines is 1. The third-order valence-electron chi connectivity index (χ3n) is 2.29. The number of hydrogen-bond donors (Lipinski definition) is 2. The Bertz CT molecular complexity index is 773. The normalized spacial score (nSPS) is 10.4. The van der Waals surface area contributed by atoms with Gasteiger partial charge in [0.2, 0.25) is 5.13 Å². The molecule has 0 atom stereocenters. The molecular formula is C11H7N5O2S2. The molecule has 20 heavy (non-hydrogen) atoms. The van der Waals surface area contributed by atoms with Gasteiger partial charge in [0.1, 0.15) is 5.69 Å². The molecule has 3 rings (SSSR count). The summed E-state index contributed by atoms with van der Waals surface area (Å²) >= 11 is 2.82. The zero-order valence-corrected chi connectivity index (χ0v) is 11.5. The highest BCUT2D eigenvalue weighted by Gasteiger charge is 2.12. The Hall–Kier alpha value is -2.39. The van der Waals surface area contributed by atoms with E-state index in [4.69, 9.17) is 0 Å². The van der Waals surface area contributed by atoms with Crippen LogP contribution in [0.5, 0.6) is 0 Å². The van der Waals surface area contributed by atoms with E-state index in [1.54, 1.807) is 11.3 Å². The predicted molar refractivity (Wildman–Crippen MR) is 76.0 cm³/mol. The van der Waals surface area contributed by atoms with Gasteiger partial charge in [-0.2, -0.15) is 5.10 Å². The third kappa shape index (κ3) is 2.63. The molecule has 9 heteroatoms. The van der Waals surface area contributed by atoms with Crippen LogP contribution in [0, 0.1) is 0 Å². The highest BCUT2D eigenvalue weighted by Crippen LogP contribution is 2.29. The Morgan fingerprint density at radius 2 is 2.15 bits per heavy atom. The number of hydrogen-bond acceptors (Lipinski definition) is 7. The van der Waals surface area contributed by atoms with Gasteiger partial charge in [-0.15, -0.1) is 21.5 Å². The highest BCUT2D eigenvalue weighted by molar-refractivity contribution is 7.23. The van der Waals surface area contributed by atoms with Gasteiger partial charge in [-0.3, -0.25) is 14.9 Å². The van der Waals surface area contributed by atoms with Crippen molar-refractivity contribution in [1.82, 2.24) is 20.4 Å². The molecule has 100 valence electrons. The van der Waals surface area contributed by atoms with Crippen LogP contribution in [0.4, 0.5) is 5.13 Å². The summed E-state index contributed by atoms with van der Waals surface area (Å²) in [6.45, 7) is 0. The van der Waals surface area contributed by atoms with Crippen molar-refractivity contribution in [3.8, 4) is 9.88 Å². The molecule has 0 aliphatic heterocycles. The topological polar surface area (TPSA) is 101 Å². The van der Waals surface area contributed by atoms with E-state index in [0.717, 1.165) is 9.88 Å². The van der Waals surface area contributed by atoms with Crippen molar-refractivity contribution < 1.29 is 4.79 Å². The fourth-order valence-electron chi connectivity index (χ4n) is 1.41. The second kappa shape index (κ2) is 5.31. The van der Waals surface area contributed by atoms with Gasteiger partial charge in [0.15, 0.2) is 5.01 Å². The lowest BCUT2D eigenvalue weighted by Gasteiger charge is -1.98. The molecule has 0 aliphatic rings. The fourth-order valence-corrected chi connectivity index (χ4v) is 2.94. The second-order valence-corrected chi connectivity index (χ2v) is 5.58. The van der Waals surface area contributed by atoms with Crippen LogP contribution in [0.25, 0.3) is 9.88 Å². The van der Waals surface area contributed by atoms with Crippen molar-refractivity contribution in [2.45, 2.75) is 0 Å². The second-order valence-electron chi connectivity index (χ2n) is 3.65. The lowest BCUT2D eigenvalue weighted by atomic mass is 10.4. The first-order chi connectivity index (χ1) is 9.72. The van der Waals surface area contributed by atoms with Gasteiger partial charge in [0.25, 0.3) is 11.5 Å². The first-order valence-corrected chi connectivity index (χ1v) is 7.16. The first-order valence-electron chi connectivity index (χ1n) is 5.47. The number of thiophene rings is 1. The molecule has 2 N–H and O–H groups in total. The molecular weight excluding hydrogens is 298 g/mol. The zero-order valence-electron chi connectivity index (χ0n) is 9.86. The molecule has 0 fully saturated rings. The zero-order chi connectivity index (χ0) is 13.9. The summed E-state index contributed by atoms with van der Waals surface area (Å²) in [5, 5.41) is 19.4. The van der Waals surface area contributed by atoms with Gasteiger partial charge >= 0.3 is 0 Å². The molecule has 0 unspecified atom stereocenters. The molecule has 0 spiro atoms. The minimum absolute atomic E-state index is 0.109. The van der Waals surface area contributed by atoms with Crippen LogP contribution in [0.3, 0.4) is 0 Å². The number of carbonyl (C=O) groups is 1. The van der Waals surface area contributed by atoms with Crippen molar-refractivity contribution in [2.24, 2.45) is 0 Å². The Labute approximate surface area is 120 Å². The average Bonchev–Trinajstić information content (AvgIpc) is 3.09. The molecule has 1 amide bonds. The Kier molecular flexibility index (Phi) is 3.35. The summed E-state index contributed by atoms with van der Waals surface area (Å²) < 4.78 is 0. The quantitative estimate of drug-likeness (QED) is 0.765. The van der Waals surface area contributed by atoms with E-state index < -0.39 is 5.91 Å². The predicted octanol–water partition coefficient (Wildman–Crippen LogP) is 1.60. The van der Waals surface area contributed by atoms with Gasteiger partial charge in [0.05, 0.1) is 4.88 Å².